The fourth-order valence-corrected chi connectivity index (χ4v) is 1.92. The molecule has 1 aliphatic rings. The van der Waals surface area contributed by atoms with Gasteiger partial charge in [-0.05, 0) is 19.8 Å². The first-order chi connectivity index (χ1) is 8.45. The first kappa shape index (κ1) is 14.3. The molecular formula is C11H19N3O4. The molecule has 0 aromatic carbocycles. The fourth-order valence-electron chi connectivity index (χ4n) is 1.92. The van der Waals surface area contributed by atoms with E-state index in [0.717, 1.165) is 12.8 Å². The highest BCUT2D eigenvalue weighted by Gasteiger charge is 2.28. The van der Waals surface area contributed by atoms with E-state index in [0.29, 0.717) is 13.1 Å². The average Bonchev–Trinajstić information content (AvgIpc) is 2.37. The molecule has 0 aliphatic carbocycles. The maximum atomic E-state index is 11.8. The van der Waals surface area contributed by atoms with E-state index in [1.54, 1.807) is 7.05 Å². The van der Waals surface area contributed by atoms with Crippen molar-refractivity contribution in [1.29, 1.82) is 0 Å². The third-order valence-electron chi connectivity index (χ3n) is 3.04. The summed E-state index contributed by atoms with van der Waals surface area (Å²) in [5.74, 6) is -1.38. The number of urea groups is 1. The van der Waals surface area contributed by atoms with E-state index < -0.39 is 18.0 Å². The van der Waals surface area contributed by atoms with Gasteiger partial charge in [0.2, 0.25) is 5.91 Å². The van der Waals surface area contributed by atoms with Gasteiger partial charge >= 0.3 is 12.0 Å². The Hall–Kier alpha value is -1.79. The number of hydrogen-bond donors (Lipinski definition) is 3. The highest BCUT2D eigenvalue weighted by Crippen LogP contribution is 2.16. The maximum absolute atomic E-state index is 11.8. The molecular weight excluding hydrogens is 238 g/mol. The summed E-state index contributed by atoms with van der Waals surface area (Å²) in [4.78, 5) is 35.4. The maximum Gasteiger partial charge on any atom is 0.325 e. The van der Waals surface area contributed by atoms with Crippen LogP contribution in [0.2, 0.25) is 0 Å². The van der Waals surface area contributed by atoms with Crippen molar-refractivity contribution in [1.82, 2.24) is 15.5 Å². The summed E-state index contributed by atoms with van der Waals surface area (Å²) in [5.41, 5.74) is 0. The second-order valence-corrected chi connectivity index (χ2v) is 4.41. The van der Waals surface area contributed by atoms with Gasteiger partial charge in [0, 0.05) is 20.1 Å². The lowest BCUT2D eigenvalue weighted by Gasteiger charge is -2.32. The highest BCUT2D eigenvalue weighted by atomic mass is 16.4. The zero-order chi connectivity index (χ0) is 13.7. The van der Waals surface area contributed by atoms with Gasteiger partial charge in [0.05, 0.1) is 5.92 Å². The molecule has 1 unspecified atom stereocenters. The van der Waals surface area contributed by atoms with Crippen molar-refractivity contribution in [2.45, 2.75) is 25.8 Å². The molecule has 2 atom stereocenters. The standard InChI is InChI=1S/C11H19N3O4/c1-7(10(16)17)13-11(18)14-5-3-4-8(6-14)9(15)12-2/h7-8H,3-6H2,1-2H3,(H,12,15)(H,13,18)(H,16,17)/t7-,8?/m1/s1. The van der Waals surface area contributed by atoms with Crippen molar-refractivity contribution in [2.75, 3.05) is 20.1 Å². The van der Waals surface area contributed by atoms with Crippen LogP contribution in [0.5, 0.6) is 0 Å². The molecule has 7 nitrogen and oxygen atoms in total. The van der Waals surface area contributed by atoms with Crippen molar-refractivity contribution in [3.05, 3.63) is 0 Å². The molecule has 0 bridgehead atoms. The van der Waals surface area contributed by atoms with Crippen LogP contribution in [0.4, 0.5) is 4.79 Å². The van der Waals surface area contributed by atoms with Crippen molar-refractivity contribution in [3.63, 3.8) is 0 Å². The summed E-state index contributed by atoms with van der Waals surface area (Å²) >= 11 is 0. The van der Waals surface area contributed by atoms with Gasteiger partial charge in [-0.1, -0.05) is 0 Å². The number of nitrogens with zero attached hydrogens (tertiary/aromatic N) is 1. The van der Waals surface area contributed by atoms with Crippen LogP contribution in [0.3, 0.4) is 0 Å². The van der Waals surface area contributed by atoms with Gasteiger partial charge < -0.3 is 20.6 Å². The van der Waals surface area contributed by atoms with E-state index >= 15 is 0 Å². The van der Waals surface area contributed by atoms with Gasteiger partial charge in [0.15, 0.2) is 0 Å². The van der Waals surface area contributed by atoms with Gasteiger partial charge in [-0.25, -0.2) is 4.79 Å². The van der Waals surface area contributed by atoms with Crippen LogP contribution in [0.1, 0.15) is 19.8 Å². The SMILES string of the molecule is CNC(=O)C1CCCN(C(=O)N[C@H](C)C(=O)O)C1. The molecule has 1 saturated heterocycles. The summed E-state index contributed by atoms with van der Waals surface area (Å²) in [6.07, 6.45) is 1.49. The van der Waals surface area contributed by atoms with E-state index in [1.165, 1.54) is 11.8 Å². The summed E-state index contributed by atoms with van der Waals surface area (Å²) in [5, 5.41) is 13.7. The lowest BCUT2D eigenvalue weighted by Crippen LogP contribution is -2.51. The van der Waals surface area contributed by atoms with Crippen LogP contribution >= 0.6 is 0 Å². The van der Waals surface area contributed by atoms with Crippen LogP contribution in [0.15, 0.2) is 0 Å². The Balaban J connectivity index is 2.53. The molecule has 0 aromatic heterocycles. The van der Waals surface area contributed by atoms with Gasteiger partial charge in [-0.15, -0.1) is 0 Å². The van der Waals surface area contributed by atoms with Crippen molar-refractivity contribution >= 4 is 17.9 Å². The van der Waals surface area contributed by atoms with Crippen LogP contribution in [0, 0.1) is 5.92 Å². The molecule has 0 saturated carbocycles. The molecule has 102 valence electrons. The number of piperidine rings is 1. The average molecular weight is 257 g/mol. The molecule has 0 aromatic rings. The number of aliphatic carboxylic acids is 1. The normalized spacial score (nSPS) is 21.0. The molecule has 0 radical (unpaired) electrons. The Kier molecular flexibility index (Phi) is 4.94. The van der Waals surface area contributed by atoms with Gasteiger partial charge in [0.1, 0.15) is 6.04 Å². The van der Waals surface area contributed by atoms with Crippen molar-refractivity contribution in [3.8, 4) is 0 Å². The first-order valence-corrected chi connectivity index (χ1v) is 5.95. The topological polar surface area (TPSA) is 98.7 Å². The Morgan fingerprint density at radius 3 is 2.61 bits per heavy atom. The van der Waals surface area contributed by atoms with Crippen molar-refractivity contribution < 1.29 is 19.5 Å². The van der Waals surface area contributed by atoms with E-state index in [4.69, 9.17) is 5.11 Å². The van der Waals surface area contributed by atoms with Crippen molar-refractivity contribution in [2.24, 2.45) is 5.92 Å². The zero-order valence-corrected chi connectivity index (χ0v) is 10.6. The fraction of sp³-hybridized carbons (Fsp3) is 0.727. The van der Waals surface area contributed by atoms with Crippen LogP contribution in [0.25, 0.3) is 0 Å². The third-order valence-corrected chi connectivity index (χ3v) is 3.04. The quantitative estimate of drug-likeness (QED) is 0.642. The minimum Gasteiger partial charge on any atom is -0.480 e. The zero-order valence-electron chi connectivity index (χ0n) is 10.6. The Bertz CT molecular complexity index is 345. The molecule has 3 amide bonds. The number of carboxylic acids is 1. The minimum absolute atomic E-state index is 0.0845. The third kappa shape index (κ3) is 3.61. The van der Waals surface area contributed by atoms with Gasteiger partial charge in [0.25, 0.3) is 0 Å². The second kappa shape index (κ2) is 6.23. The second-order valence-electron chi connectivity index (χ2n) is 4.41. The number of likely N-dealkylation sites (tertiary alicyclic amines) is 1. The number of hydrogen-bond acceptors (Lipinski definition) is 3. The van der Waals surface area contributed by atoms with Gasteiger partial charge in [-0.2, -0.15) is 0 Å². The van der Waals surface area contributed by atoms with Crippen LogP contribution in [-0.4, -0.2) is 54.1 Å². The predicted molar refractivity (Wildman–Crippen MR) is 64.0 cm³/mol. The Morgan fingerprint density at radius 2 is 2.06 bits per heavy atom. The lowest BCUT2D eigenvalue weighted by atomic mass is 9.97. The number of carbonyl (C=O) groups is 3. The predicted octanol–water partition coefficient (Wildman–Crippen LogP) is -0.373. The smallest absolute Gasteiger partial charge is 0.325 e. The molecule has 1 heterocycles. The Labute approximate surface area is 106 Å². The minimum atomic E-state index is -1.08. The molecule has 0 spiro atoms. The molecule has 7 heteroatoms. The lowest BCUT2D eigenvalue weighted by molar-refractivity contribution is -0.138. The molecule has 1 aliphatic heterocycles. The molecule has 3 N–H and O–H groups in total. The largest absolute Gasteiger partial charge is 0.480 e. The highest BCUT2D eigenvalue weighted by molar-refractivity contribution is 5.83. The number of amides is 3. The summed E-state index contributed by atoms with van der Waals surface area (Å²) in [6, 6.07) is -1.36. The summed E-state index contributed by atoms with van der Waals surface area (Å²) in [6.45, 7) is 2.28. The summed E-state index contributed by atoms with van der Waals surface area (Å²) < 4.78 is 0. The molecule has 18 heavy (non-hydrogen) atoms. The number of nitrogens with one attached hydrogen (secondary N) is 2. The van der Waals surface area contributed by atoms with E-state index in [-0.39, 0.29) is 11.8 Å². The number of carboxylic acid groups (broad SMARTS) is 1. The summed E-state index contributed by atoms with van der Waals surface area (Å²) in [7, 11) is 1.56. The molecule has 1 rings (SSSR count). The number of rotatable bonds is 3. The number of carbonyl (C=O) groups excluding carboxylic acids is 2. The first-order valence-electron chi connectivity index (χ1n) is 5.95. The van der Waals surface area contributed by atoms with E-state index in [1.807, 2.05) is 0 Å². The van der Waals surface area contributed by atoms with Gasteiger partial charge in [-0.3, -0.25) is 9.59 Å². The van der Waals surface area contributed by atoms with E-state index in [2.05, 4.69) is 10.6 Å². The Morgan fingerprint density at radius 1 is 1.39 bits per heavy atom. The van der Waals surface area contributed by atoms with E-state index in [9.17, 15) is 14.4 Å². The van der Waals surface area contributed by atoms with Crippen LogP contribution in [-0.2, 0) is 9.59 Å². The van der Waals surface area contributed by atoms with Crippen LogP contribution < -0.4 is 10.6 Å². The monoisotopic (exact) mass is 257 g/mol. The molecule has 1 fully saturated rings.